The average Bonchev–Trinajstić information content (AvgIpc) is 3.17. The summed E-state index contributed by atoms with van der Waals surface area (Å²) >= 11 is 1.45. The zero-order valence-electron chi connectivity index (χ0n) is 17.5. The van der Waals surface area contributed by atoms with Crippen LogP contribution in [0, 0.1) is 5.82 Å². The normalized spacial score (nSPS) is 18.6. The topological polar surface area (TPSA) is 83.0 Å². The number of nitrogens with zero attached hydrogens (tertiary/aromatic N) is 3. The second-order valence-corrected chi connectivity index (χ2v) is 9.17. The van der Waals surface area contributed by atoms with Gasteiger partial charge in [0.15, 0.2) is 5.13 Å². The van der Waals surface area contributed by atoms with Crippen LogP contribution in [0.5, 0.6) is 0 Å². The van der Waals surface area contributed by atoms with E-state index in [1.165, 1.54) is 29.0 Å². The molecule has 0 aliphatic heterocycles. The van der Waals surface area contributed by atoms with Gasteiger partial charge in [-0.1, -0.05) is 41.7 Å². The molecule has 0 bridgehead atoms. The first-order valence-corrected chi connectivity index (χ1v) is 11.6. The molecule has 6 nitrogen and oxygen atoms in total. The van der Waals surface area contributed by atoms with E-state index >= 15 is 0 Å². The van der Waals surface area contributed by atoms with Gasteiger partial charge >= 0.3 is 0 Å². The van der Waals surface area contributed by atoms with E-state index in [1.54, 1.807) is 6.07 Å². The SMILES string of the molecule is O[C@H]1CC[C@H](Nc2nc(Cc3ccccc3)cc(Nc3nc4cc(F)ccc4s3)n2)CC1. The highest BCUT2D eigenvalue weighted by atomic mass is 32.1. The lowest BCUT2D eigenvalue weighted by atomic mass is 9.93. The predicted molar refractivity (Wildman–Crippen MR) is 126 cm³/mol. The van der Waals surface area contributed by atoms with Gasteiger partial charge in [0, 0.05) is 24.6 Å². The maximum absolute atomic E-state index is 13.5. The van der Waals surface area contributed by atoms with Gasteiger partial charge in [0.1, 0.15) is 11.6 Å². The summed E-state index contributed by atoms with van der Waals surface area (Å²) in [7, 11) is 0. The van der Waals surface area contributed by atoms with E-state index < -0.39 is 0 Å². The molecule has 8 heteroatoms. The predicted octanol–water partition coefficient (Wildman–Crippen LogP) is 5.28. The number of nitrogens with one attached hydrogen (secondary N) is 2. The molecule has 1 fully saturated rings. The van der Waals surface area contributed by atoms with Crippen molar-refractivity contribution in [2.24, 2.45) is 0 Å². The molecule has 1 saturated carbocycles. The van der Waals surface area contributed by atoms with Gasteiger partial charge in [0.05, 0.1) is 22.0 Å². The largest absolute Gasteiger partial charge is 0.393 e. The third kappa shape index (κ3) is 5.03. The molecule has 5 rings (SSSR count). The van der Waals surface area contributed by atoms with Crippen molar-refractivity contribution >= 4 is 38.5 Å². The summed E-state index contributed by atoms with van der Waals surface area (Å²) in [5.74, 6) is 0.906. The van der Waals surface area contributed by atoms with Crippen LogP contribution in [0.4, 0.5) is 21.3 Å². The highest BCUT2D eigenvalue weighted by Gasteiger charge is 2.20. The van der Waals surface area contributed by atoms with Gasteiger partial charge < -0.3 is 15.7 Å². The number of anilines is 3. The van der Waals surface area contributed by atoms with Crippen molar-refractivity contribution in [1.29, 1.82) is 0 Å². The molecule has 0 atom stereocenters. The number of halogens is 1. The first-order chi connectivity index (χ1) is 15.6. The number of aliphatic hydroxyl groups is 1. The van der Waals surface area contributed by atoms with Crippen molar-refractivity contribution in [3.63, 3.8) is 0 Å². The van der Waals surface area contributed by atoms with E-state index in [9.17, 15) is 9.50 Å². The Morgan fingerprint density at radius 2 is 1.78 bits per heavy atom. The molecule has 32 heavy (non-hydrogen) atoms. The van der Waals surface area contributed by atoms with Crippen LogP contribution in [-0.2, 0) is 6.42 Å². The zero-order chi connectivity index (χ0) is 21.9. The highest BCUT2D eigenvalue weighted by Crippen LogP contribution is 2.29. The first kappa shape index (κ1) is 20.8. The second kappa shape index (κ2) is 9.18. The van der Waals surface area contributed by atoms with Crippen molar-refractivity contribution in [3.8, 4) is 0 Å². The number of rotatable bonds is 6. The molecule has 2 heterocycles. The standard InChI is InChI=1S/C24H24FN5OS/c25-16-6-11-21-20(13-16)28-24(32-21)30-22-14-18(12-15-4-2-1-3-5-15)27-23(29-22)26-17-7-9-19(31)10-8-17/h1-6,11,13-14,17,19,31H,7-10,12H2,(H2,26,27,28,29,30)/t17-,19-. The lowest BCUT2D eigenvalue weighted by molar-refractivity contribution is 0.126. The Bertz CT molecular complexity index is 1210. The lowest BCUT2D eigenvalue weighted by Crippen LogP contribution is -2.29. The number of hydrogen-bond acceptors (Lipinski definition) is 7. The molecule has 2 aromatic carbocycles. The van der Waals surface area contributed by atoms with Crippen molar-refractivity contribution in [2.75, 3.05) is 10.6 Å². The van der Waals surface area contributed by atoms with Gasteiger partial charge in [0.25, 0.3) is 0 Å². The summed E-state index contributed by atoms with van der Waals surface area (Å²) in [6, 6.07) is 17.0. The van der Waals surface area contributed by atoms with Crippen LogP contribution >= 0.6 is 11.3 Å². The molecule has 0 amide bonds. The summed E-state index contributed by atoms with van der Waals surface area (Å²) in [5.41, 5.74) is 2.67. The summed E-state index contributed by atoms with van der Waals surface area (Å²) in [4.78, 5) is 13.9. The fraction of sp³-hybridized carbons (Fsp3) is 0.292. The van der Waals surface area contributed by atoms with Crippen LogP contribution in [0.25, 0.3) is 10.2 Å². The fourth-order valence-electron chi connectivity index (χ4n) is 3.99. The number of aliphatic hydroxyl groups excluding tert-OH is 1. The van der Waals surface area contributed by atoms with Gasteiger partial charge in [-0.3, -0.25) is 0 Å². The van der Waals surface area contributed by atoms with E-state index in [4.69, 9.17) is 4.98 Å². The number of benzene rings is 2. The summed E-state index contributed by atoms with van der Waals surface area (Å²) in [6.45, 7) is 0. The minimum absolute atomic E-state index is 0.209. The zero-order valence-corrected chi connectivity index (χ0v) is 18.3. The summed E-state index contributed by atoms with van der Waals surface area (Å²) < 4.78 is 14.4. The number of hydrogen-bond donors (Lipinski definition) is 3. The Kier molecular flexibility index (Phi) is 5.96. The van der Waals surface area contributed by atoms with Crippen LogP contribution in [0.15, 0.2) is 54.6 Å². The Morgan fingerprint density at radius 1 is 0.969 bits per heavy atom. The Labute approximate surface area is 189 Å². The van der Waals surface area contributed by atoms with Crippen LogP contribution in [0.2, 0.25) is 0 Å². The molecule has 1 aliphatic rings. The van der Waals surface area contributed by atoms with E-state index in [-0.39, 0.29) is 18.0 Å². The lowest BCUT2D eigenvalue weighted by Gasteiger charge is -2.26. The average molecular weight is 450 g/mol. The van der Waals surface area contributed by atoms with E-state index in [0.717, 1.165) is 36.1 Å². The smallest absolute Gasteiger partial charge is 0.225 e. The first-order valence-electron chi connectivity index (χ1n) is 10.8. The molecule has 0 unspecified atom stereocenters. The quantitative estimate of drug-likeness (QED) is 0.372. The third-order valence-corrected chi connectivity index (χ3v) is 6.57. The Morgan fingerprint density at radius 3 is 2.59 bits per heavy atom. The Hall–Kier alpha value is -3.10. The van der Waals surface area contributed by atoms with Gasteiger partial charge in [-0.05, 0) is 43.4 Å². The number of thiazole rings is 1. The molecule has 2 aromatic heterocycles. The number of aromatic nitrogens is 3. The minimum Gasteiger partial charge on any atom is -0.393 e. The van der Waals surface area contributed by atoms with Gasteiger partial charge in [-0.25, -0.2) is 14.4 Å². The number of fused-ring (bicyclic) bond motifs is 1. The molecule has 164 valence electrons. The van der Waals surface area contributed by atoms with E-state index in [2.05, 4.69) is 32.7 Å². The van der Waals surface area contributed by atoms with Crippen molar-refractivity contribution in [1.82, 2.24) is 15.0 Å². The van der Waals surface area contributed by atoms with Gasteiger partial charge in [0.2, 0.25) is 5.95 Å². The van der Waals surface area contributed by atoms with E-state index in [0.29, 0.717) is 28.8 Å². The Balaban J connectivity index is 1.42. The minimum atomic E-state index is -0.300. The van der Waals surface area contributed by atoms with Crippen molar-refractivity contribution < 1.29 is 9.50 Å². The van der Waals surface area contributed by atoms with Crippen molar-refractivity contribution in [3.05, 3.63) is 71.7 Å². The molecule has 0 radical (unpaired) electrons. The molecule has 3 N–H and O–H groups in total. The summed E-state index contributed by atoms with van der Waals surface area (Å²) in [6.07, 6.45) is 3.82. The van der Waals surface area contributed by atoms with Crippen LogP contribution in [-0.4, -0.2) is 32.2 Å². The van der Waals surface area contributed by atoms with Gasteiger partial charge in [-0.15, -0.1) is 0 Å². The van der Waals surface area contributed by atoms with Crippen LogP contribution in [0.3, 0.4) is 0 Å². The molecular weight excluding hydrogens is 425 g/mol. The molecule has 0 spiro atoms. The van der Waals surface area contributed by atoms with Crippen molar-refractivity contribution in [2.45, 2.75) is 44.2 Å². The monoisotopic (exact) mass is 449 g/mol. The third-order valence-electron chi connectivity index (χ3n) is 5.62. The maximum atomic E-state index is 13.5. The molecule has 1 aliphatic carbocycles. The van der Waals surface area contributed by atoms with Crippen LogP contribution in [0.1, 0.15) is 36.9 Å². The summed E-state index contributed by atoms with van der Waals surface area (Å²) in [5, 5.41) is 17.2. The fourth-order valence-corrected chi connectivity index (χ4v) is 4.84. The highest BCUT2D eigenvalue weighted by molar-refractivity contribution is 7.22. The van der Waals surface area contributed by atoms with Gasteiger partial charge in [-0.2, -0.15) is 4.98 Å². The molecule has 0 saturated heterocycles. The van der Waals surface area contributed by atoms with Crippen LogP contribution < -0.4 is 10.6 Å². The molecule has 4 aromatic rings. The van der Waals surface area contributed by atoms with E-state index in [1.807, 2.05) is 24.3 Å². The maximum Gasteiger partial charge on any atom is 0.225 e. The molecular formula is C24H24FN5OS. The second-order valence-electron chi connectivity index (χ2n) is 8.14.